The van der Waals surface area contributed by atoms with Gasteiger partial charge in [0, 0.05) is 30.4 Å². The molecule has 1 amide bonds. The molecule has 0 bridgehead atoms. The van der Waals surface area contributed by atoms with Crippen LogP contribution in [0.5, 0.6) is 0 Å². The van der Waals surface area contributed by atoms with Crippen LogP contribution in [0.25, 0.3) is 0 Å². The third-order valence-corrected chi connectivity index (χ3v) is 5.92. The third kappa shape index (κ3) is 4.51. The number of hydrogen-bond acceptors (Lipinski definition) is 5. The minimum Gasteiger partial charge on any atom is -0.448 e. The summed E-state index contributed by atoms with van der Waals surface area (Å²) in [6.45, 7) is 3.68. The summed E-state index contributed by atoms with van der Waals surface area (Å²) in [7, 11) is 0. The maximum absolute atomic E-state index is 12.4. The Hall–Kier alpha value is -1.01. The predicted molar refractivity (Wildman–Crippen MR) is 90.9 cm³/mol. The van der Waals surface area contributed by atoms with Gasteiger partial charge in [0.15, 0.2) is 11.6 Å². The number of carbonyl (C=O) groups is 1. The monoisotopic (exact) mass is 338 g/mol. The van der Waals surface area contributed by atoms with Gasteiger partial charge in [-0.3, -0.25) is 4.79 Å². The standard InChI is InChI=1S/C17H26N2O3S/c1-2-23-14-5-3-4-13(10-14)18-16(20)15-11-22-17(19-15)12-6-8-21-9-7-12/h11-14H,2-10H2,1H3,(H,18,20)/t13-,14+/m0/s1. The summed E-state index contributed by atoms with van der Waals surface area (Å²) in [4.78, 5) is 16.8. The lowest BCUT2D eigenvalue weighted by atomic mass is 9.95. The topological polar surface area (TPSA) is 64.4 Å². The highest BCUT2D eigenvalue weighted by Crippen LogP contribution is 2.29. The number of nitrogens with zero attached hydrogens (tertiary/aromatic N) is 1. The van der Waals surface area contributed by atoms with Crippen LogP contribution in [0.1, 0.15) is 67.7 Å². The number of thioether (sulfide) groups is 1. The lowest BCUT2D eigenvalue weighted by Gasteiger charge is -2.28. The van der Waals surface area contributed by atoms with Crippen LogP contribution in [0.4, 0.5) is 0 Å². The second kappa shape index (κ2) is 8.20. The highest BCUT2D eigenvalue weighted by molar-refractivity contribution is 7.99. The molecular weight excluding hydrogens is 312 g/mol. The van der Waals surface area contributed by atoms with Crippen molar-refractivity contribution in [3.05, 3.63) is 17.8 Å². The summed E-state index contributed by atoms with van der Waals surface area (Å²) < 4.78 is 10.9. The maximum atomic E-state index is 12.4. The molecule has 0 spiro atoms. The first-order chi connectivity index (χ1) is 11.3. The van der Waals surface area contributed by atoms with Gasteiger partial charge in [0.2, 0.25) is 0 Å². The molecule has 5 nitrogen and oxygen atoms in total. The lowest BCUT2D eigenvalue weighted by molar-refractivity contribution is 0.0794. The van der Waals surface area contributed by atoms with Crippen molar-refractivity contribution in [3.63, 3.8) is 0 Å². The first-order valence-electron chi connectivity index (χ1n) is 8.72. The second-order valence-electron chi connectivity index (χ2n) is 6.37. The van der Waals surface area contributed by atoms with Gasteiger partial charge in [0.25, 0.3) is 5.91 Å². The van der Waals surface area contributed by atoms with Crippen molar-refractivity contribution in [1.29, 1.82) is 0 Å². The highest BCUT2D eigenvalue weighted by Gasteiger charge is 2.26. The molecule has 0 radical (unpaired) electrons. The summed E-state index contributed by atoms with van der Waals surface area (Å²) in [6, 6.07) is 0.267. The fourth-order valence-electron chi connectivity index (χ4n) is 3.45. The fraction of sp³-hybridized carbons (Fsp3) is 0.765. The van der Waals surface area contributed by atoms with Crippen LogP contribution in [0.15, 0.2) is 10.7 Å². The van der Waals surface area contributed by atoms with E-state index in [1.807, 2.05) is 11.8 Å². The number of aromatic nitrogens is 1. The first-order valence-corrected chi connectivity index (χ1v) is 9.76. The van der Waals surface area contributed by atoms with Gasteiger partial charge in [0.05, 0.1) is 0 Å². The molecule has 128 valence electrons. The third-order valence-electron chi connectivity index (χ3n) is 4.69. The van der Waals surface area contributed by atoms with Gasteiger partial charge in [-0.1, -0.05) is 13.3 Å². The molecular formula is C17H26N2O3S. The van der Waals surface area contributed by atoms with Crippen molar-refractivity contribution in [1.82, 2.24) is 10.3 Å². The van der Waals surface area contributed by atoms with Crippen molar-refractivity contribution < 1.29 is 13.9 Å². The zero-order chi connectivity index (χ0) is 16.1. The number of oxazole rings is 1. The minimum absolute atomic E-state index is 0.0980. The van der Waals surface area contributed by atoms with E-state index in [1.54, 1.807) is 0 Å². The SMILES string of the molecule is CCS[C@@H]1CCC[C@H](NC(=O)c2coc(C3CCOCC3)n2)C1. The van der Waals surface area contributed by atoms with Crippen LogP contribution in [0, 0.1) is 0 Å². The average Bonchev–Trinajstić information content (AvgIpc) is 3.06. The molecule has 1 aromatic heterocycles. The van der Waals surface area contributed by atoms with Gasteiger partial charge >= 0.3 is 0 Å². The van der Waals surface area contributed by atoms with Crippen molar-refractivity contribution in [3.8, 4) is 0 Å². The van der Waals surface area contributed by atoms with E-state index in [-0.39, 0.29) is 17.9 Å². The molecule has 1 aromatic rings. The average molecular weight is 338 g/mol. The quantitative estimate of drug-likeness (QED) is 0.892. The number of amides is 1. The Kier molecular flexibility index (Phi) is 6.00. The van der Waals surface area contributed by atoms with E-state index in [9.17, 15) is 4.79 Å². The molecule has 23 heavy (non-hydrogen) atoms. The van der Waals surface area contributed by atoms with E-state index in [1.165, 1.54) is 19.1 Å². The van der Waals surface area contributed by atoms with Gasteiger partial charge in [-0.25, -0.2) is 4.98 Å². The molecule has 2 heterocycles. The molecule has 2 atom stereocenters. The second-order valence-corrected chi connectivity index (χ2v) is 7.95. The zero-order valence-corrected chi connectivity index (χ0v) is 14.6. The summed E-state index contributed by atoms with van der Waals surface area (Å²) in [5.41, 5.74) is 0.414. The van der Waals surface area contributed by atoms with Crippen LogP contribution in [-0.2, 0) is 4.74 Å². The van der Waals surface area contributed by atoms with Crippen LogP contribution in [-0.4, -0.2) is 41.1 Å². The predicted octanol–water partition coefficient (Wildman–Crippen LogP) is 3.36. The largest absolute Gasteiger partial charge is 0.448 e. The number of hydrogen-bond donors (Lipinski definition) is 1. The summed E-state index contributed by atoms with van der Waals surface area (Å²) >= 11 is 2.00. The van der Waals surface area contributed by atoms with Crippen LogP contribution in [0.3, 0.4) is 0 Å². The van der Waals surface area contributed by atoms with E-state index in [0.717, 1.165) is 44.6 Å². The molecule has 1 saturated carbocycles. The van der Waals surface area contributed by atoms with Gasteiger partial charge < -0.3 is 14.5 Å². The van der Waals surface area contributed by atoms with Crippen molar-refractivity contribution in [2.45, 2.75) is 62.7 Å². The molecule has 1 saturated heterocycles. The van der Waals surface area contributed by atoms with E-state index >= 15 is 0 Å². The normalized spacial score (nSPS) is 26.1. The first kappa shape index (κ1) is 16.8. The Balaban J connectivity index is 1.54. The van der Waals surface area contributed by atoms with E-state index in [2.05, 4.69) is 17.2 Å². The Labute approximate surface area is 141 Å². The van der Waals surface area contributed by atoms with Crippen LogP contribution >= 0.6 is 11.8 Å². The molecule has 1 aliphatic carbocycles. The molecule has 1 aliphatic heterocycles. The molecule has 3 rings (SSSR count). The van der Waals surface area contributed by atoms with E-state index in [4.69, 9.17) is 9.15 Å². The number of rotatable bonds is 5. The zero-order valence-electron chi connectivity index (χ0n) is 13.8. The summed E-state index contributed by atoms with van der Waals surface area (Å²) in [6.07, 6.45) is 7.92. The van der Waals surface area contributed by atoms with Crippen molar-refractivity contribution in [2.24, 2.45) is 0 Å². The number of nitrogens with one attached hydrogen (secondary N) is 1. The Bertz CT molecular complexity index is 512. The molecule has 2 fully saturated rings. The number of carbonyl (C=O) groups excluding carboxylic acids is 1. The molecule has 1 N–H and O–H groups in total. The maximum Gasteiger partial charge on any atom is 0.273 e. The fourth-order valence-corrected chi connectivity index (χ4v) is 4.62. The van der Waals surface area contributed by atoms with Crippen molar-refractivity contribution in [2.75, 3.05) is 19.0 Å². The smallest absolute Gasteiger partial charge is 0.273 e. The van der Waals surface area contributed by atoms with Gasteiger partial charge in [-0.05, 0) is 37.9 Å². The lowest BCUT2D eigenvalue weighted by Crippen LogP contribution is -2.39. The van der Waals surface area contributed by atoms with Crippen LogP contribution in [0.2, 0.25) is 0 Å². The van der Waals surface area contributed by atoms with Crippen LogP contribution < -0.4 is 5.32 Å². The summed E-state index contributed by atoms with van der Waals surface area (Å²) in [5, 5.41) is 3.82. The van der Waals surface area contributed by atoms with Gasteiger partial charge in [0.1, 0.15) is 6.26 Å². The van der Waals surface area contributed by atoms with Gasteiger partial charge in [-0.2, -0.15) is 11.8 Å². The highest BCUT2D eigenvalue weighted by atomic mass is 32.2. The summed E-state index contributed by atoms with van der Waals surface area (Å²) in [5.74, 6) is 2.01. The minimum atomic E-state index is -0.0980. The Morgan fingerprint density at radius 3 is 2.96 bits per heavy atom. The number of ether oxygens (including phenoxy) is 1. The molecule has 2 aliphatic rings. The Morgan fingerprint density at radius 1 is 1.35 bits per heavy atom. The van der Waals surface area contributed by atoms with Crippen molar-refractivity contribution >= 4 is 17.7 Å². The molecule has 6 heteroatoms. The molecule has 0 unspecified atom stereocenters. The van der Waals surface area contributed by atoms with E-state index < -0.39 is 0 Å². The molecule has 0 aromatic carbocycles. The van der Waals surface area contributed by atoms with Gasteiger partial charge in [-0.15, -0.1) is 0 Å². The van der Waals surface area contributed by atoms with E-state index in [0.29, 0.717) is 16.8 Å². The Morgan fingerprint density at radius 2 is 2.17 bits per heavy atom.